The van der Waals surface area contributed by atoms with E-state index in [4.69, 9.17) is 23.3 Å². The zero-order valence-electron chi connectivity index (χ0n) is 14.9. The number of hydrogen-bond acceptors (Lipinski definition) is 5. The van der Waals surface area contributed by atoms with Gasteiger partial charge >= 0.3 is 0 Å². The van der Waals surface area contributed by atoms with Crippen LogP contribution in [-0.2, 0) is 4.74 Å². The summed E-state index contributed by atoms with van der Waals surface area (Å²) in [6.45, 7) is 0.987. The molecule has 0 fully saturated rings. The number of nitrogens with zero attached hydrogens (tertiary/aromatic N) is 2. The number of aliphatic imine (C=N–C) groups is 1. The Morgan fingerprint density at radius 2 is 2.22 bits per heavy atom. The molecule has 0 heterocycles. The van der Waals surface area contributed by atoms with E-state index in [0.29, 0.717) is 37.3 Å². The second-order valence-corrected chi connectivity index (χ2v) is 5.87. The molecule has 0 saturated heterocycles. The number of nitrogens with two attached hydrogens (primary N) is 1. The fourth-order valence-electron chi connectivity index (χ4n) is 2.49. The predicted octanol–water partition coefficient (Wildman–Crippen LogP) is 2.32. The molecule has 140 valence electrons. The van der Waals surface area contributed by atoms with Gasteiger partial charge in [-0.05, 0) is 23.8 Å². The molecule has 1 aromatic carbocycles. The van der Waals surface area contributed by atoms with Crippen molar-refractivity contribution in [2.75, 3.05) is 30.3 Å². The van der Waals surface area contributed by atoms with Crippen LogP contribution in [0.3, 0.4) is 0 Å². The van der Waals surface area contributed by atoms with Gasteiger partial charge in [0.2, 0.25) is 0 Å². The minimum atomic E-state index is -0.938. The number of halogens is 1. The van der Waals surface area contributed by atoms with E-state index < -0.39 is 12.3 Å². The number of benzene rings is 1. The number of anilines is 2. The van der Waals surface area contributed by atoms with Crippen LogP contribution in [0.2, 0.25) is 0 Å². The molecule has 5 nitrogen and oxygen atoms in total. The highest BCUT2D eigenvalue weighted by Crippen LogP contribution is 2.28. The third-order valence-electron chi connectivity index (χ3n) is 3.84. The number of rotatable bonds is 7. The summed E-state index contributed by atoms with van der Waals surface area (Å²) in [7, 11) is 0. The molecule has 2 N–H and O–H groups in total. The molecule has 0 spiro atoms. The van der Waals surface area contributed by atoms with Crippen molar-refractivity contribution in [3.8, 4) is 24.7 Å². The number of ether oxygens (including phenoxy) is 1. The first-order chi connectivity index (χ1) is 13.0. The number of terminal acetylenes is 2. The van der Waals surface area contributed by atoms with Gasteiger partial charge in [-0.25, -0.2) is 9.38 Å². The van der Waals surface area contributed by atoms with Crippen molar-refractivity contribution in [1.82, 2.24) is 0 Å². The third-order valence-corrected chi connectivity index (χ3v) is 3.84. The highest BCUT2D eigenvalue weighted by molar-refractivity contribution is 5.76. The molecule has 6 heteroatoms. The lowest BCUT2D eigenvalue weighted by Gasteiger charge is -2.25. The Labute approximate surface area is 159 Å². The number of alkyl halides is 1. The van der Waals surface area contributed by atoms with E-state index in [0.717, 1.165) is 11.3 Å². The Kier molecular flexibility index (Phi) is 7.34. The Balaban J connectivity index is 2.13. The molecule has 1 aliphatic rings. The van der Waals surface area contributed by atoms with Crippen molar-refractivity contribution in [1.29, 1.82) is 0 Å². The van der Waals surface area contributed by atoms with Crippen molar-refractivity contribution < 1.29 is 14.2 Å². The number of hydrogen-bond donors (Lipinski definition) is 1. The fourth-order valence-corrected chi connectivity index (χ4v) is 2.49. The highest BCUT2D eigenvalue weighted by Gasteiger charge is 2.12. The smallest absolute Gasteiger partial charge is 0.151 e. The van der Waals surface area contributed by atoms with Crippen LogP contribution < -0.4 is 15.7 Å². The van der Waals surface area contributed by atoms with Gasteiger partial charge in [-0.2, -0.15) is 0 Å². The maximum Gasteiger partial charge on any atom is 0.151 e. The summed E-state index contributed by atoms with van der Waals surface area (Å²) in [4.78, 5) is 5.75. The van der Waals surface area contributed by atoms with Crippen LogP contribution in [-0.4, -0.2) is 32.0 Å². The Morgan fingerprint density at radius 3 is 2.85 bits per heavy atom. The van der Waals surface area contributed by atoms with E-state index in [1.165, 1.54) is 6.08 Å². The van der Waals surface area contributed by atoms with E-state index in [1.54, 1.807) is 24.3 Å². The standard InChI is InChI=1S/C21H22FN3O2/c1-3-5-13-27-21(26)24-20-11-10-18(14-19(20)23)25(12-4-2)15-16-6-8-17(22)9-7-16/h1-2,6-8,10-11,14,17H,5,9,12-13,15,23H2,(H,24,26)/p-1. The largest absolute Gasteiger partial charge is 0.599 e. The molecule has 27 heavy (non-hydrogen) atoms. The summed E-state index contributed by atoms with van der Waals surface area (Å²) >= 11 is 0. The zero-order chi connectivity index (χ0) is 19.6. The minimum Gasteiger partial charge on any atom is -0.599 e. The quantitative estimate of drug-likeness (QED) is 0.264. The highest BCUT2D eigenvalue weighted by atomic mass is 19.1. The van der Waals surface area contributed by atoms with E-state index in [1.807, 2.05) is 11.0 Å². The zero-order valence-corrected chi connectivity index (χ0v) is 14.9. The minimum absolute atomic E-state index is 0.106. The first-order valence-electron chi connectivity index (χ1n) is 8.44. The lowest BCUT2D eigenvalue weighted by Crippen LogP contribution is -2.26. The van der Waals surface area contributed by atoms with Crippen molar-refractivity contribution in [3.63, 3.8) is 0 Å². The van der Waals surface area contributed by atoms with E-state index in [-0.39, 0.29) is 6.61 Å². The van der Waals surface area contributed by atoms with Gasteiger partial charge in [-0.3, -0.25) is 0 Å². The second kappa shape index (κ2) is 9.94. The predicted molar refractivity (Wildman–Crippen MR) is 105 cm³/mol. The molecule has 0 radical (unpaired) electrons. The topological polar surface area (TPSA) is 73.9 Å². The molecule has 2 rings (SSSR count). The van der Waals surface area contributed by atoms with Crippen LogP contribution in [0.25, 0.3) is 0 Å². The average Bonchev–Trinajstić information content (AvgIpc) is 2.65. The molecule has 1 atom stereocenters. The summed E-state index contributed by atoms with van der Waals surface area (Å²) in [6, 6.07) is 5.08. The lowest BCUT2D eigenvalue weighted by atomic mass is 10.1. The summed E-state index contributed by atoms with van der Waals surface area (Å²) in [5.74, 6) is 4.98. The molecule has 0 amide bonds. The molecule has 0 aromatic heterocycles. The molecular weight excluding hydrogens is 345 g/mol. The van der Waals surface area contributed by atoms with E-state index in [9.17, 15) is 9.50 Å². The van der Waals surface area contributed by atoms with Crippen molar-refractivity contribution in [2.45, 2.75) is 19.0 Å². The lowest BCUT2D eigenvalue weighted by molar-refractivity contribution is -0.250. The first-order valence-corrected chi connectivity index (χ1v) is 8.44. The van der Waals surface area contributed by atoms with Crippen molar-refractivity contribution >= 4 is 23.1 Å². The van der Waals surface area contributed by atoms with Crippen LogP contribution in [0.1, 0.15) is 12.8 Å². The first kappa shape index (κ1) is 19.9. The third kappa shape index (κ3) is 6.13. The van der Waals surface area contributed by atoms with Gasteiger partial charge in [-0.1, -0.05) is 24.1 Å². The van der Waals surface area contributed by atoms with Gasteiger partial charge in [-0.15, -0.1) is 18.8 Å². The summed E-state index contributed by atoms with van der Waals surface area (Å²) in [5, 5.41) is 11.7. The summed E-state index contributed by atoms with van der Waals surface area (Å²) in [6.07, 6.45) is 14.7. The SMILES string of the molecule is C#CCCOC([O-])=Nc1ccc(N(CC#C)CC2=CCC(F)C=C2)cc1N. The van der Waals surface area contributed by atoms with Crippen molar-refractivity contribution in [2.24, 2.45) is 4.99 Å². The molecule has 0 saturated carbocycles. The second-order valence-electron chi connectivity index (χ2n) is 5.87. The Hall–Kier alpha value is -3.38. The molecular formula is C21H21FN3O2-. The summed E-state index contributed by atoms with van der Waals surface area (Å²) in [5.41, 5.74) is 8.40. The number of nitrogen functional groups attached to an aromatic ring is 1. The molecule has 0 aliphatic heterocycles. The maximum absolute atomic E-state index is 13.2. The van der Waals surface area contributed by atoms with Crippen LogP contribution in [0.4, 0.5) is 21.5 Å². The van der Waals surface area contributed by atoms with Gasteiger partial charge in [0.1, 0.15) is 6.17 Å². The van der Waals surface area contributed by atoms with Gasteiger partial charge in [0.25, 0.3) is 0 Å². The van der Waals surface area contributed by atoms with E-state index >= 15 is 0 Å². The van der Waals surface area contributed by atoms with E-state index in [2.05, 4.69) is 16.8 Å². The maximum atomic E-state index is 13.2. The van der Waals surface area contributed by atoms with Crippen LogP contribution in [0, 0.1) is 24.7 Å². The van der Waals surface area contributed by atoms with Gasteiger partial charge in [0, 0.05) is 31.7 Å². The molecule has 1 aromatic rings. The normalized spacial score (nSPS) is 16.2. The number of allylic oxidation sites excluding steroid dienone is 2. The van der Waals surface area contributed by atoms with Crippen LogP contribution >= 0.6 is 0 Å². The summed E-state index contributed by atoms with van der Waals surface area (Å²) < 4.78 is 18.1. The van der Waals surface area contributed by atoms with Crippen LogP contribution in [0.5, 0.6) is 0 Å². The molecule has 1 aliphatic carbocycles. The van der Waals surface area contributed by atoms with Gasteiger partial charge in [0.15, 0.2) is 6.08 Å². The average molecular weight is 366 g/mol. The molecule has 0 bridgehead atoms. The molecule has 1 unspecified atom stereocenters. The van der Waals surface area contributed by atoms with Crippen LogP contribution in [0.15, 0.2) is 47.0 Å². The Morgan fingerprint density at radius 1 is 1.41 bits per heavy atom. The van der Waals surface area contributed by atoms with Gasteiger partial charge in [0.05, 0.1) is 17.9 Å². The van der Waals surface area contributed by atoms with Gasteiger partial charge < -0.3 is 20.5 Å². The van der Waals surface area contributed by atoms with Crippen molar-refractivity contribution in [3.05, 3.63) is 42.0 Å². The monoisotopic (exact) mass is 366 g/mol. The Bertz CT molecular complexity index is 831. The fraction of sp³-hybridized carbons (Fsp3) is 0.286.